The molecule has 0 aliphatic carbocycles. The van der Waals surface area contributed by atoms with Crippen molar-refractivity contribution in [1.82, 2.24) is 15.3 Å². The van der Waals surface area contributed by atoms with Crippen LogP contribution in [0.4, 0.5) is 0 Å². The minimum absolute atomic E-state index is 0.488. The van der Waals surface area contributed by atoms with Gasteiger partial charge in [0.15, 0.2) is 0 Å². The third-order valence-electron chi connectivity index (χ3n) is 4.14. The maximum Gasteiger partial charge on any atom is 0.278 e. The lowest BCUT2D eigenvalue weighted by Crippen LogP contribution is -2.34. The molecule has 2 heterocycles. The van der Waals surface area contributed by atoms with E-state index in [1.165, 1.54) is 19.3 Å². The fourth-order valence-electron chi connectivity index (χ4n) is 2.96. The highest BCUT2D eigenvalue weighted by molar-refractivity contribution is 5.75. The van der Waals surface area contributed by atoms with Gasteiger partial charge in [0.1, 0.15) is 0 Å². The van der Waals surface area contributed by atoms with Crippen LogP contribution in [0.3, 0.4) is 0 Å². The Morgan fingerprint density at radius 3 is 2.48 bits per heavy atom. The summed E-state index contributed by atoms with van der Waals surface area (Å²) in [5, 5.41) is 3.57. The number of nitrogens with one attached hydrogen (secondary N) is 1. The van der Waals surface area contributed by atoms with Gasteiger partial charge >= 0.3 is 0 Å². The number of piperidine rings is 1. The van der Waals surface area contributed by atoms with Crippen LogP contribution in [0.2, 0.25) is 0 Å². The maximum absolute atomic E-state index is 5.86. The number of hydrogen-bond donors (Lipinski definition) is 1. The van der Waals surface area contributed by atoms with Gasteiger partial charge in [-0.05, 0) is 51.3 Å². The predicted molar refractivity (Wildman–Crippen MR) is 91.1 cm³/mol. The second-order valence-electron chi connectivity index (χ2n) is 5.89. The van der Waals surface area contributed by atoms with Gasteiger partial charge in [0.25, 0.3) is 11.8 Å². The molecule has 23 heavy (non-hydrogen) atoms. The lowest BCUT2D eigenvalue weighted by atomic mass is 10.0. The van der Waals surface area contributed by atoms with Crippen molar-refractivity contribution in [1.29, 1.82) is 0 Å². The van der Waals surface area contributed by atoms with E-state index in [9.17, 15) is 0 Å². The molecular weight excluding hydrogens is 290 g/mol. The van der Waals surface area contributed by atoms with Crippen LogP contribution in [0, 0.1) is 0 Å². The summed E-state index contributed by atoms with van der Waals surface area (Å²) in [7, 11) is 0. The van der Waals surface area contributed by atoms with Gasteiger partial charge in [-0.25, -0.2) is 9.97 Å². The Morgan fingerprint density at radius 1 is 1.09 bits per heavy atom. The average Bonchev–Trinajstić information content (AvgIpc) is 2.60. The molecule has 0 saturated carbocycles. The van der Waals surface area contributed by atoms with Gasteiger partial charge in [0, 0.05) is 6.04 Å². The minimum atomic E-state index is 0.488. The van der Waals surface area contributed by atoms with Crippen LogP contribution in [0.5, 0.6) is 11.8 Å². The number of nitrogens with zero attached hydrogens (tertiary/aromatic N) is 2. The van der Waals surface area contributed by atoms with Crippen LogP contribution in [-0.2, 0) is 0 Å². The van der Waals surface area contributed by atoms with Crippen LogP contribution in [0.15, 0.2) is 24.3 Å². The second-order valence-corrected chi connectivity index (χ2v) is 5.89. The Bertz CT molecular complexity index is 627. The third-order valence-corrected chi connectivity index (χ3v) is 4.14. The first kappa shape index (κ1) is 16.0. The number of aromatic nitrogens is 2. The smallest absolute Gasteiger partial charge is 0.278 e. The van der Waals surface area contributed by atoms with E-state index in [1.54, 1.807) is 0 Å². The molecule has 1 atom stereocenters. The van der Waals surface area contributed by atoms with E-state index in [4.69, 9.17) is 9.47 Å². The van der Waals surface area contributed by atoms with Gasteiger partial charge in [0.05, 0.1) is 24.2 Å². The SMILES string of the molecule is CCOc1nc2ccccc2nc1OCCC[C@H]1CCCCN1. The molecule has 1 N–H and O–H groups in total. The Balaban J connectivity index is 1.60. The summed E-state index contributed by atoms with van der Waals surface area (Å²) in [6, 6.07) is 8.42. The second kappa shape index (κ2) is 8.11. The van der Waals surface area contributed by atoms with Crippen molar-refractivity contribution in [3.05, 3.63) is 24.3 Å². The largest absolute Gasteiger partial charge is 0.474 e. The van der Waals surface area contributed by atoms with Crippen molar-refractivity contribution in [2.24, 2.45) is 0 Å². The van der Waals surface area contributed by atoms with E-state index in [2.05, 4.69) is 15.3 Å². The van der Waals surface area contributed by atoms with Gasteiger partial charge in [-0.1, -0.05) is 18.6 Å². The Hall–Kier alpha value is -1.88. The Morgan fingerprint density at radius 2 is 1.83 bits per heavy atom. The molecule has 0 bridgehead atoms. The molecular formula is C18H25N3O2. The summed E-state index contributed by atoms with van der Waals surface area (Å²) in [4.78, 5) is 9.06. The van der Waals surface area contributed by atoms with Gasteiger partial charge in [-0.2, -0.15) is 0 Å². The molecule has 1 saturated heterocycles. The summed E-state index contributed by atoms with van der Waals surface area (Å²) in [6.07, 6.45) is 6.07. The monoisotopic (exact) mass is 315 g/mol. The van der Waals surface area contributed by atoms with E-state index in [0.29, 0.717) is 31.0 Å². The van der Waals surface area contributed by atoms with E-state index in [-0.39, 0.29) is 0 Å². The van der Waals surface area contributed by atoms with Crippen LogP contribution >= 0.6 is 0 Å². The van der Waals surface area contributed by atoms with E-state index < -0.39 is 0 Å². The molecule has 1 aromatic carbocycles. The molecule has 1 aliphatic heterocycles. The molecule has 1 aromatic heterocycles. The molecule has 0 amide bonds. The fraction of sp³-hybridized carbons (Fsp3) is 0.556. The summed E-state index contributed by atoms with van der Waals surface area (Å²) >= 11 is 0. The van der Waals surface area contributed by atoms with Crippen molar-refractivity contribution >= 4 is 11.0 Å². The van der Waals surface area contributed by atoms with Gasteiger partial charge in [-0.3, -0.25) is 0 Å². The van der Waals surface area contributed by atoms with E-state index >= 15 is 0 Å². The van der Waals surface area contributed by atoms with Crippen molar-refractivity contribution in [2.45, 2.75) is 45.1 Å². The highest BCUT2D eigenvalue weighted by Gasteiger charge is 2.14. The van der Waals surface area contributed by atoms with Crippen LogP contribution in [-0.4, -0.2) is 35.8 Å². The third kappa shape index (κ3) is 4.32. The molecule has 1 aliphatic rings. The molecule has 5 nitrogen and oxygen atoms in total. The summed E-state index contributed by atoms with van der Waals surface area (Å²) in [5.41, 5.74) is 1.66. The molecule has 0 spiro atoms. The number of benzene rings is 1. The summed E-state index contributed by atoms with van der Waals surface area (Å²) in [5.74, 6) is 0.990. The zero-order valence-corrected chi connectivity index (χ0v) is 13.8. The normalized spacial score (nSPS) is 18.0. The zero-order chi connectivity index (χ0) is 15.9. The van der Waals surface area contributed by atoms with Gasteiger partial charge in [0.2, 0.25) is 0 Å². The molecule has 1 fully saturated rings. The van der Waals surface area contributed by atoms with E-state index in [0.717, 1.165) is 30.4 Å². The number of fused-ring (bicyclic) bond motifs is 1. The lowest BCUT2D eigenvalue weighted by molar-refractivity contribution is 0.248. The molecule has 5 heteroatoms. The molecule has 0 radical (unpaired) electrons. The van der Waals surface area contributed by atoms with Crippen LogP contribution < -0.4 is 14.8 Å². The van der Waals surface area contributed by atoms with Crippen molar-refractivity contribution < 1.29 is 9.47 Å². The minimum Gasteiger partial charge on any atom is -0.474 e. The zero-order valence-electron chi connectivity index (χ0n) is 13.8. The highest BCUT2D eigenvalue weighted by atomic mass is 16.5. The molecule has 124 valence electrons. The summed E-state index contributed by atoms with van der Waals surface area (Å²) < 4.78 is 11.4. The quantitative estimate of drug-likeness (QED) is 0.794. The fourth-order valence-corrected chi connectivity index (χ4v) is 2.96. The number of ether oxygens (including phenoxy) is 2. The molecule has 3 rings (SSSR count). The number of hydrogen-bond acceptors (Lipinski definition) is 5. The first-order valence-electron chi connectivity index (χ1n) is 8.62. The topological polar surface area (TPSA) is 56.3 Å². The summed E-state index contributed by atoms with van der Waals surface area (Å²) in [6.45, 7) is 4.28. The number of rotatable bonds is 7. The van der Waals surface area contributed by atoms with Gasteiger partial charge in [-0.15, -0.1) is 0 Å². The highest BCUT2D eigenvalue weighted by Crippen LogP contribution is 2.26. The average molecular weight is 315 g/mol. The molecule has 2 aromatic rings. The molecule has 0 unspecified atom stereocenters. The Kier molecular flexibility index (Phi) is 5.64. The predicted octanol–water partition coefficient (Wildman–Crippen LogP) is 3.33. The van der Waals surface area contributed by atoms with Crippen molar-refractivity contribution in [3.63, 3.8) is 0 Å². The lowest BCUT2D eigenvalue weighted by Gasteiger charge is -2.23. The van der Waals surface area contributed by atoms with Gasteiger partial charge < -0.3 is 14.8 Å². The standard InChI is InChI=1S/C18H25N3O2/c1-2-22-17-18(21-16-11-4-3-10-15(16)20-17)23-13-7-9-14-8-5-6-12-19-14/h3-4,10-11,14,19H,2,5-9,12-13H2,1H3/t14-/m1/s1. The number of para-hydroxylation sites is 2. The van der Waals surface area contributed by atoms with E-state index in [1.807, 2.05) is 31.2 Å². The van der Waals surface area contributed by atoms with Crippen LogP contribution in [0.1, 0.15) is 39.0 Å². The van der Waals surface area contributed by atoms with Crippen molar-refractivity contribution in [2.75, 3.05) is 19.8 Å². The van der Waals surface area contributed by atoms with Crippen molar-refractivity contribution in [3.8, 4) is 11.8 Å². The maximum atomic E-state index is 5.86. The first-order chi connectivity index (χ1) is 11.4. The first-order valence-corrected chi connectivity index (χ1v) is 8.62. The Labute approximate surface area is 137 Å². The van der Waals surface area contributed by atoms with Crippen LogP contribution in [0.25, 0.3) is 11.0 Å².